The summed E-state index contributed by atoms with van der Waals surface area (Å²) in [4.78, 5) is 6.67. The van der Waals surface area contributed by atoms with Crippen molar-refractivity contribution >= 4 is 11.5 Å². The van der Waals surface area contributed by atoms with Crippen molar-refractivity contribution in [3.05, 3.63) is 18.3 Å². The van der Waals surface area contributed by atoms with Crippen LogP contribution in [0.1, 0.15) is 19.8 Å². The first kappa shape index (κ1) is 9.31. The number of hydrogen-bond acceptors (Lipinski definition) is 3. The quantitative estimate of drug-likeness (QED) is 0.776. The molecule has 76 valence electrons. The van der Waals surface area contributed by atoms with Gasteiger partial charge in [0.05, 0.1) is 11.9 Å². The normalized spacial score (nSPS) is 21.5. The number of hydrogen-bond donors (Lipinski definition) is 1. The highest BCUT2D eigenvalue weighted by atomic mass is 15.2. The highest BCUT2D eigenvalue weighted by Crippen LogP contribution is 2.23. The summed E-state index contributed by atoms with van der Waals surface area (Å²) in [6, 6.07) is 3.93. The molecule has 1 fully saturated rings. The molecule has 0 bridgehead atoms. The number of nitrogens with two attached hydrogens (primary N) is 1. The van der Waals surface area contributed by atoms with Crippen molar-refractivity contribution in [2.24, 2.45) is 5.92 Å². The van der Waals surface area contributed by atoms with E-state index in [9.17, 15) is 0 Å². The lowest BCUT2D eigenvalue weighted by molar-refractivity contribution is 0.569. The molecule has 1 aromatic rings. The van der Waals surface area contributed by atoms with Crippen LogP contribution in [0.3, 0.4) is 0 Å². The van der Waals surface area contributed by atoms with Crippen LogP contribution in [0.25, 0.3) is 0 Å². The average molecular weight is 191 g/mol. The van der Waals surface area contributed by atoms with Gasteiger partial charge in [-0.3, -0.25) is 0 Å². The van der Waals surface area contributed by atoms with Crippen LogP contribution in [-0.4, -0.2) is 18.1 Å². The van der Waals surface area contributed by atoms with Crippen molar-refractivity contribution in [2.75, 3.05) is 23.7 Å². The fourth-order valence-electron chi connectivity index (χ4n) is 1.96. The Balaban J connectivity index is 2.06. The van der Waals surface area contributed by atoms with E-state index in [-0.39, 0.29) is 0 Å². The molecule has 3 nitrogen and oxygen atoms in total. The van der Waals surface area contributed by atoms with Crippen molar-refractivity contribution in [1.29, 1.82) is 0 Å². The molecule has 3 heteroatoms. The lowest BCUT2D eigenvalue weighted by atomic mass is 10.1. The fourth-order valence-corrected chi connectivity index (χ4v) is 1.96. The second-order valence-electron chi connectivity index (χ2n) is 3.96. The molecule has 1 saturated heterocycles. The smallest absolute Gasteiger partial charge is 0.128 e. The Hall–Kier alpha value is -1.25. The van der Waals surface area contributed by atoms with Gasteiger partial charge in [-0.2, -0.15) is 0 Å². The fraction of sp³-hybridized carbons (Fsp3) is 0.545. The molecule has 2 N–H and O–H groups in total. The van der Waals surface area contributed by atoms with Crippen LogP contribution in [-0.2, 0) is 0 Å². The summed E-state index contributed by atoms with van der Waals surface area (Å²) < 4.78 is 0. The first-order valence-electron chi connectivity index (χ1n) is 5.26. The maximum absolute atomic E-state index is 5.60. The number of nitrogens with zero attached hydrogens (tertiary/aromatic N) is 2. The number of anilines is 2. The molecule has 2 rings (SSSR count). The summed E-state index contributed by atoms with van der Waals surface area (Å²) in [6.07, 6.45) is 4.29. The van der Waals surface area contributed by atoms with Crippen LogP contribution in [0.5, 0.6) is 0 Å². The standard InChI is InChI=1S/C11H17N3/c1-2-9-5-6-14(8-9)11-4-3-10(12)7-13-11/h3-4,7,9H,2,5-6,8,12H2,1H3. The zero-order valence-electron chi connectivity index (χ0n) is 8.61. The number of nitrogen functional groups attached to an aromatic ring is 1. The predicted molar refractivity (Wildman–Crippen MR) is 59.3 cm³/mol. The molecule has 0 spiro atoms. The first-order valence-corrected chi connectivity index (χ1v) is 5.26. The van der Waals surface area contributed by atoms with Gasteiger partial charge in [-0.15, -0.1) is 0 Å². The zero-order valence-corrected chi connectivity index (χ0v) is 8.61. The van der Waals surface area contributed by atoms with E-state index in [2.05, 4.69) is 16.8 Å². The number of aromatic nitrogens is 1. The molecule has 1 unspecified atom stereocenters. The first-order chi connectivity index (χ1) is 6.79. The van der Waals surface area contributed by atoms with Crippen molar-refractivity contribution in [3.63, 3.8) is 0 Å². The second-order valence-corrected chi connectivity index (χ2v) is 3.96. The molecular weight excluding hydrogens is 174 g/mol. The third-order valence-electron chi connectivity index (χ3n) is 2.96. The highest BCUT2D eigenvalue weighted by molar-refractivity contribution is 5.46. The van der Waals surface area contributed by atoms with Gasteiger partial charge in [0.1, 0.15) is 5.82 Å². The van der Waals surface area contributed by atoms with Crippen molar-refractivity contribution in [1.82, 2.24) is 4.98 Å². The summed E-state index contributed by atoms with van der Waals surface area (Å²) in [6.45, 7) is 4.54. The molecule has 1 aliphatic heterocycles. The highest BCUT2D eigenvalue weighted by Gasteiger charge is 2.21. The molecule has 0 amide bonds. The van der Waals surface area contributed by atoms with E-state index >= 15 is 0 Å². The summed E-state index contributed by atoms with van der Waals surface area (Å²) in [5.41, 5.74) is 6.33. The summed E-state index contributed by atoms with van der Waals surface area (Å²) in [7, 11) is 0. The van der Waals surface area contributed by atoms with Crippen LogP contribution in [0, 0.1) is 5.92 Å². The zero-order chi connectivity index (χ0) is 9.97. The third kappa shape index (κ3) is 1.81. The Morgan fingerprint density at radius 3 is 3.00 bits per heavy atom. The minimum absolute atomic E-state index is 0.736. The Bertz CT molecular complexity index is 294. The molecule has 0 aliphatic carbocycles. The SMILES string of the molecule is CCC1CCN(c2ccc(N)cn2)C1. The third-order valence-corrected chi connectivity index (χ3v) is 2.96. The molecule has 0 radical (unpaired) electrons. The van der Waals surface area contributed by atoms with Crippen LogP contribution in [0.4, 0.5) is 11.5 Å². The number of rotatable bonds is 2. The molecule has 1 aromatic heterocycles. The molecule has 1 atom stereocenters. The Morgan fingerprint density at radius 1 is 1.57 bits per heavy atom. The molecule has 0 saturated carbocycles. The van der Waals surface area contributed by atoms with Gasteiger partial charge in [-0.1, -0.05) is 13.3 Å². The van der Waals surface area contributed by atoms with Crippen molar-refractivity contribution in [2.45, 2.75) is 19.8 Å². The topological polar surface area (TPSA) is 42.1 Å². The molecule has 14 heavy (non-hydrogen) atoms. The van der Waals surface area contributed by atoms with E-state index in [0.29, 0.717) is 0 Å². The van der Waals surface area contributed by atoms with Crippen LogP contribution in [0.2, 0.25) is 0 Å². The van der Waals surface area contributed by atoms with E-state index in [0.717, 1.165) is 30.5 Å². The minimum Gasteiger partial charge on any atom is -0.397 e. The van der Waals surface area contributed by atoms with Gasteiger partial charge in [0, 0.05) is 13.1 Å². The Morgan fingerprint density at radius 2 is 2.43 bits per heavy atom. The van der Waals surface area contributed by atoms with E-state index in [1.165, 1.54) is 12.8 Å². The maximum atomic E-state index is 5.60. The van der Waals surface area contributed by atoms with Gasteiger partial charge in [0.2, 0.25) is 0 Å². The van der Waals surface area contributed by atoms with Gasteiger partial charge < -0.3 is 10.6 Å². The van der Waals surface area contributed by atoms with Crippen LogP contribution < -0.4 is 10.6 Å². The second kappa shape index (κ2) is 3.86. The van der Waals surface area contributed by atoms with E-state index in [1.54, 1.807) is 6.20 Å². The Kier molecular flexibility index (Phi) is 2.57. The average Bonchev–Trinajstić information content (AvgIpc) is 2.67. The van der Waals surface area contributed by atoms with Gasteiger partial charge in [0.25, 0.3) is 0 Å². The van der Waals surface area contributed by atoms with Crippen LogP contribution in [0.15, 0.2) is 18.3 Å². The molecular formula is C11H17N3. The van der Waals surface area contributed by atoms with Gasteiger partial charge in [0.15, 0.2) is 0 Å². The monoisotopic (exact) mass is 191 g/mol. The largest absolute Gasteiger partial charge is 0.397 e. The van der Waals surface area contributed by atoms with Crippen molar-refractivity contribution in [3.8, 4) is 0 Å². The number of pyridine rings is 1. The minimum atomic E-state index is 0.736. The summed E-state index contributed by atoms with van der Waals surface area (Å²) in [5, 5.41) is 0. The van der Waals surface area contributed by atoms with E-state index in [4.69, 9.17) is 5.73 Å². The van der Waals surface area contributed by atoms with E-state index in [1.807, 2.05) is 12.1 Å². The molecule has 0 aromatic carbocycles. The Labute approximate surface area is 84.9 Å². The lowest BCUT2D eigenvalue weighted by Crippen LogP contribution is -2.20. The van der Waals surface area contributed by atoms with Crippen LogP contribution >= 0.6 is 0 Å². The van der Waals surface area contributed by atoms with Crippen molar-refractivity contribution < 1.29 is 0 Å². The predicted octanol–water partition coefficient (Wildman–Crippen LogP) is 1.90. The maximum Gasteiger partial charge on any atom is 0.128 e. The lowest BCUT2D eigenvalue weighted by Gasteiger charge is -2.16. The van der Waals surface area contributed by atoms with E-state index < -0.39 is 0 Å². The molecule has 2 heterocycles. The molecule has 1 aliphatic rings. The van der Waals surface area contributed by atoms with Gasteiger partial charge in [-0.05, 0) is 24.5 Å². The summed E-state index contributed by atoms with van der Waals surface area (Å²) in [5.74, 6) is 1.91. The van der Waals surface area contributed by atoms with Gasteiger partial charge >= 0.3 is 0 Å². The summed E-state index contributed by atoms with van der Waals surface area (Å²) >= 11 is 0. The van der Waals surface area contributed by atoms with Gasteiger partial charge in [-0.25, -0.2) is 4.98 Å².